The second-order valence-electron chi connectivity index (χ2n) is 1.60. The van der Waals surface area contributed by atoms with E-state index in [2.05, 4.69) is 15.8 Å². The Morgan fingerprint density at radius 1 is 1.58 bits per heavy atom. The van der Waals surface area contributed by atoms with Crippen LogP contribution < -0.4 is 56.1 Å². The second kappa shape index (κ2) is 6.23. The first-order valence-electron chi connectivity index (χ1n) is 2.66. The van der Waals surface area contributed by atoms with Gasteiger partial charge in [0.25, 0.3) is 0 Å². The van der Waals surface area contributed by atoms with Crippen LogP contribution in [0.1, 0.15) is 0 Å². The zero-order valence-electron chi connectivity index (χ0n) is 6.22. The Balaban J connectivity index is 0.00000121. The molecule has 0 aliphatic heterocycles. The van der Waals surface area contributed by atoms with Crippen LogP contribution in [-0.2, 0) is 0 Å². The van der Waals surface area contributed by atoms with Gasteiger partial charge in [0.1, 0.15) is 0 Å². The Bertz CT molecular complexity index is 249. The monoisotopic (exact) mass is 217 g/mol. The average Bonchev–Trinajstić information content (AvgIpc) is 1.93. The van der Waals surface area contributed by atoms with E-state index >= 15 is 0 Å². The normalized spacial score (nSPS) is 9.33. The standard InChI is InChI=1S/C6H3ClF2NO.K/c7-4-2-1-3-10-5(4)11-6(8)9;/h2-3,6H;/q-1;+1. The molecule has 0 bridgehead atoms. The summed E-state index contributed by atoms with van der Waals surface area (Å²) in [6, 6.07) is 3.80. The maximum atomic E-state index is 11.6. The van der Waals surface area contributed by atoms with E-state index in [1.807, 2.05) is 0 Å². The number of hydrogen-bond donors (Lipinski definition) is 0. The zero-order valence-corrected chi connectivity index (χ0v) is 10.1. The van der Waals surface area contributed by atoms with Gasteiger partial charge in [-0.1, -0.05) is 11.2 Å². The van der Waals surface area contributed by atoms with Crippen LogP contribution in [0, 0.1) is 6.07 Å². The van der Waals surface area contributed by atoms with E-state index < -0.39 is 6.61 Å². The molecule has 1 aromatic rings. The number of halogens is 3. The van der Waals surface area contributed by atoms with E-state index in [0.29, 0.717) is 0 Å². The zero-order chi connectivity index (χ0) is 8.27. The van der Waals surface area contributed by atoms with Gasteiger partial charge in [0.15, 0.2) is 5.88 Å². The molecular weight excluding hydrogens is 215 g/mol. The third kappa shape index (κ3) is 4.11. The van der Waals surface area contributed by atoms with Crippen molar-refractivity contribution in [2.75, 3.05) is 0 Å². The van der Waals surface area contributed by atoms with E-state index in [0.717, 1.165) is 0 Å². The van der Waals surface area contributed by atoms with Crippen molar-refractivity contribution in [3.8, 4) is 5.88 Å². The molecular formula is C6H3ClF2KNO. The number of ether oxygens (including phenoxy) is 1. The van der Waals surface area contributed by atoms with Gasteiger partial charge in [-0.05, 0) is 0 Å². The molecule has 12 heavy (non-hydrogen) atoms. The smallest absolute Gasteiger partial charge is 0.433 e. The van der Waals surface area contributed by atoms with Crippen molar-refractivity contribution in [3.05, 3.63) is 23.4 Å². The second-order valence-corrected chi connectivity index (χ2v) is 2.01. The number of hydrogen-bond acceptors (Lipinski definition) is 2. The molecule has 2 nitrogen and oxygen atoms in total. The minimum Gasteiger partial charge on any atom is -0.433 e. The first kappa shape index (κ1) is 12.7. The molecule has 60 valence electrons. The molecule has 0 unspecified atom stereocenters. The molecule has 0 aliphatic carbocycles. The van der Waals surface area contributed by atoms with Crippen LogP contribution in [0.15, 0.2) is 12.3 Å². The van der Waals surface area contributed by atoms with Gasteiger partial charge in [-0.15, -0.1) is 0 Å². The summed E-state index contributed by atoms with van der Waals surface area (Å²) in [5.74, 6) is -0.277. The molecule has 0 aromatic carbocycles. The van der Waals surface area contributed by atoms with Crippen LogP contribution in [0.2, 0.25) is 5.02 Å². The van der Waals surface area contributed by atoms with Gasteiger partial charge in [-0.25, -0.2) is 12.1 Å². The molecule has 0 fully saturated rings. The fourth-order valence-electron chi connectivity index (χ4n) is 0.501. The van der Waals surface area contributed by atoms with Crippen molar-refractivity contribution in [2.45, 2.75) is 6.61 Å². The van der Waals surface area contributed by atoms with Crippen LogP contribution in [0.3, 0.4) is 0 Å². The summed E-state index contributed by atoms with van der Waals surface area (Å²) in [4.78, 5) is 3.43. The number of aromatic nitrogens is 1. The molecule has 0 spiro atoms. The Morgan fingerprint density at radius 3 is 2.75 bits per heavy atom. The quantitative estimate of drug-likeness (QED) is 0.475. The van der Waals surface area contributed by atoms with Crippen molar-refractivity contribution < 1.29 is 64.9 Å². The van der Waals surface area contributed by atoms with Crippen LogP contribution in [0.5, 0.6) is 5.88 Å². The fraction of sp³-hybridized carbons (Fsp3) is 0.167. The molecule has 0 saturated heterocycles. The van der Waals surface area contributed by atoms with Crippen molar-refractivity contribution in [1.82, 2.24) is 4.98 Å². The summed E-state index contributed by atoms with van der Waals surface area (Å²) in [7, 11) is 0. The molecule has 0 aliphatic rings. The van der Waals surface area contributed by atoms with Crippen molar-refractivity contribution in [1.29, 1.82) is 0 Å². The molecule has 6 heteroatoms. The van der Waals surface area contributed by atoms with E-state index in [4.69, 9.17) is 11.6 Å². The Labute approximate surface area is 116 Å². The first-order chi connectivity index (χ1) is 5.20. The Kier molecular flexibility index (Phi) is 6.61. The van der Waals surface area contributed by atoms with Gasteiger partial charge in [0, 0.05) is 0 Å². The van der Waals surface area contributed by atoms with Crippen LogP contribution in [0.4, 0.5) is 8.78 Å². The van der Waals surface area contributed by atoms with Crippen LogP contribution in [-0.4, -0.2) is 11.6 Å². The molecule has 1 aromatic heterocycles. The summed E-state index contributed by atoms with van der Waals surface area (Å²) in [5, 5.41) is 0.0211. The first-order valence-corrected chi connectivity index (χ1v) is 3.04. The number of pyridine rings is 1. The van der Waals surface area contributed by atoms with Gasteiger partial charge in [0.05, 0.1) is 0 Å². The fourth-order valence-corrected chi connectivity index (χ4v) is 0.657. The van der Waals surface area contributed by atoms with Gasteiger partial charge in [0.2, 0.25) is 0 Å². The molecule has 0 atom stereocenters. The molecule has 0 radical (unpaired) electrons. The topological polar surface area (TPSA) is 22.1 Å². The number of nitrogens with zero attached hydrogens (tertiary/aromatic N) is 1. The summed E-state index contributed by atoms with van der Waals surface area (Å²) >= 11 is 5.42. The summed E-state index contributed by atoms with van der Waals surface area (Å²) in [5.41, 5.74) is 0. The Hall–Kier alpha value is 0.736. The molecule has 1 heterocycles. The predicted molar refractivity (Wildman–Crippen MR) is 34.7 cm³/mol. The summed E-state index contributed by atoms with van der Waals surface area (Å²) in [6.45, 7) is -2.90. The number of rotatable bonds is 2. The van der Waals surface area contributed by atoms with Gasteiger partial charge in [-0.3, -0.25) is 4.98 Å². The largest absolute Gasteiger partial charge is 1.00 e. The third-order valence-corrected chi connectivity index (χ3v) is 1.14. The minimum atomic E-state index is -2.90. The van der Waals surface area contributed by atoms with Gasteiger partial charge in [-0.2, -0.15) is 20.4 Å². The maximum absolute atomic E-state index is 11.6. The molecule has 0 amide bonds. The van der Waals surface area contributed by atoms with E-state index in [9.17, 15) is 8.78 Å². The Morgan fingerprint density at radius 2 is 2.25 bits per heavy atom. The molecule has 1 rings (SSSR count). The third-order valence-electron chi connectivity index (χ3n) is 0.871. The average molecular weight is 218 g/mol. The van der Waals surface area contributed by atoms with Crippen molar-refractivity contribution in [2.24, 2.45) is 0 Å². The van der Waals surface area contributed by atoms with E-state index in [1.54, 1.807) is 0 Å². The van der Waals surface area contributed by atoms with Crippen molar-refractivity contribution in [3.63, 3.8) is 0 Å². The summed E-state index contributed by atoms with van der Waals surface area (Å²) in [6.07, 6.45) is 1.20. The van der Waals surface area contributed by atoms with Crippen LogP contribution >= 0.6 is 11.6 Å². The molecule has 0 N–H and O–H groups in total. The van der Waals surface area contributed by atoms with Crippen molar-refractivity contribution >= 4 is 11.6 Å². The molecule has 0 saturated carbocycles. The maximum Gasteiger partial charge on any atom is 1.00 e. The van der Waals surface area contributed by atoms with E-state index in [-0.39, 0.29) is 62.3 Å². The van der Waals surface area contributed by atoms with Gasteiger partial charge >= 0.3 is 58.0 Å². The minimum absolute atomic E-state index is 0. The number of alkyl halides is 2. The van der Waals surface area contributed by atoms with E-state index in [1.165, 1.54) is 12.3 Å². The summed E-state index contributed by atoms with van der Waals surface area (Å²) < 4.78 is 27.1. The van der Waals surface area contributed by atoms with Gasteiger partial charge < -0.3 is 4.74 Å². The predicted octanol–water partition coefficient (Wildman–Crippen LogP) is -0.859. The SMILES string of the molecule is FC(F)Oc1nc[c-]cc1Cl.[K+]. The van der Waals surface area contributed by atoms with Crippen LogP contribution in [0.25, 0.3) is 0 Å².